The number of alkyl carbamates (subject to hydrolysis) is 1. The Morgan fingerprint density at radius 3 is 1.79 bits per heavy atom. The van der Waals surface area contributed by atoms with Gasteiger partial charge in [0.05, 0.1) is 12.2 Å². The Hall–Kier alpha value is -0.850. The quantitative estimate of drug-likeness (QED) is 0.627. The molecule has 0 aromatic rings. The van der Waals surface area contributed by atoms with E-state index in [2.05, 4.69) is 5.32 Å². The molecule has 6 heteroatoms. The van der Waals surface area contributed by atoms with Crippen molar-refractivity contribution in [3.63, 3.8) is 0 Å². The maximum absolute atomic E-state index is 10.9. The van der Waals surface area contributed by atoms with Gasteiger partial charge in [0, 0.05) is 13.1 Å². The molecule has 0 aromatic heterocycles. The molecular weight excluding hydrogens is 248 g/mol. The zero-order chi connectivity index (χ0) is 14.1. The predicted molar refractivity (Wildman–Crippen MR) is 80.1 cm³/mol. The molecule has 0 aliphatic rings. The van der Waals surface area contributed by atoms with Crippen LogP contribution in [-0.2, 0) is 4.74 Å². The first kappa shape index (κ1) is 26.7. The van der Waals surface area contributed by atoms with Crippen LogP contribution in [0.3, 0.4) is 0 Å². The van der Waals surface area contributed by atoms with Crippen molar-refractivity contribution in [1.82, 2.24) is 5.32 Å². The molecule has 19 heavy (non-hydrogen) atoms. The lowest BCUT2D eigenvalue weighted by atomic mass is 10.2. The van der Waals surface area contributed by atoms with E-state index < -0.39 is 17.8 Å². The number of rotatable bonds is 3. The van der Waals surface area contributed by atoms with E-state index >= 15 is 0 Å². The zero-order valence-electron chi connectivity index (χ0n) is 11.4. The Balaban J connectivity index is -0.000000139. The minimum absolute atomic E-state index is 0. The van der Waals surface area contributed by atoms with Gasteiger partial charge in [-0.3, -0.25) is 0 Å². The van der Waals surface area contributed by atoms with E-state index in [-0.39, 0.29) is 27.5 Å². The number of nitrogens with two attached hydrogens (primary N) is 1. The molecule has 120 valence electrons. The van der Waals surface area contributed by atoms with E-state index in [9.17, 15) is 4.79 Å². The molecule has 1 amide bonds. The molecule has 0 aliphatic carbocycles. The predicted octanol–water partition coefficient (Wildman–Crippen LogP) is 1.49. The van der Waals surface area contributed by atoms with Crippen LogP contribution in [0.4, 0.5) is 4.79 Å². The van der Waals surface area contributed by atoms with Gasteiger partial charge in [-0.05, 0) is 34.6 Å². The molecule has 0 fully saturated rings. The van der Waals surface area contributed by atoms with Gasteiger partial charge in [0.1, 0.15) is 5.60 Å². The molecular formula is C13H34N2O4. The van der Waals surface area contributed by atoms with Gasteiger partial charge in [-0.2, -0.15) is 0 Å². The van der Waals surface area contributed by atoms with Crippen LogP contribution in [0.25, 0.3) is 0 Å². The van der Waals surface area contributed by atoms with Crippen LogP contribution in [0.1, 0.15) is 49.5 Å². The largest absolute Gasteiger partial charge is 0.444 e. The number of hydrogen-bond acceptors (Lipinski definition) is 5. The second-order valence-corrected chi connectivity index (χ2v) is 4.82. The zero-order valence-corrected chi connectivity index (χ0v) is 11.4. The number of amides is 1. The SMILES string of the molecule is C.C.CC(O)CN.CC(O)CNC(=O)OC(C)(C)C. The molecule has 0 heterocycles. The van der Waals surface area contributed by atoms with Crippen LogP contribution in [0.2, 0.25) is 0 Å². The lowest BCUT2D eigenvalue weighted by Gasteiger charge is -2.19. The fourth-order valence-corrected chi connectivity index (χ4v) is 0.545. The highest BCUT2D eigenvalue weighted by Gasteiger charge is 2.15. The van der Waals surface area contributed by atoms with Crippen LogP contribution in [0, 0.1) is 0 Å². The summed E-state index contributed by atoms with van der Waals surface area (Å²) in [5.41, 5.74) is 4.44. The van der Waals surface area contributed by atoms with E-state index in [1.807, 2.05) is 0 Å². The van der Waals surface area contributed by atoms with Crippen molar-refractivity contribution in [1.29, 1.82) is 0 Å². The molecule has 0 saturated heterocycles. The normalized spacial score (nSPS) is 12.6. The average molecular weight is 282 g/mol. The number of aliphatic hydroxyl groups excluding tert-OH is 2. The number of hydrogen-bond donors (Lipinski definition) is 4. The second-order valence-electron chi connectivity index (χ2n) is 4.82. The number of ether oxygens (including phenoxy) is 1. The minimum atomic E-state index is -0.544. The first-order valence-electron chi connectivity index (χ1n) is 5.61. The molecule has 2 atom stereocenters. The number of nitrogens with one attached hydrogen (secondary N) is 1. The highest BCUT2D eigenvalue weighted by atomic mass is 16.6. The molecule has 5 N–H and O–H groups in total. The van der Waals surface area contributed by atoms with Gasteiger partial charge in [-0.25, -0.2) is 4.79 Å². The molecule has 0 bridgehead atoms. The minimum Gasteiger partial charge on any atom is -0.444 e. The third-order valence-corrected chi connectivity index (χ3v) is 1.28. The molecule has 0 aliphatic heterocycles. The fourth-order valence-electron chi connectivity index (χ4n) is 0.545. The van der Waals surface area contributed by atoms with Crippen molar-refractivity contribution >= 4 is 6.09 Å². The van der Waals surface area contributed by atoms with Crippen molar-refractivity contribution in [3.8, 4) is 0 Å². The van der Waals surface area contributed by atoms with E-state index in [0.717, 1.165) is 0 Å². The molecule has 0 spiro atoms. The van der Waals surface area contributed by atoms with Gasteiger partial charge >= 0.3 is 6.09 Å². The molecule has 2 unspecified atom stereocenters. The maximum atomic E-state index is 10.9. The summed E-state index contributed by atoms with van der Waals surface area (Å²) >= 11 is 0. The van der Waals surface area contributed by atoms with Crippen molar-refractivity contribution in [2.75, 3.05) is 13.1 Å². The van der Waals surface area contributed by atoms with Crippen LogP contribution in [-0.4, -0.2) is 47.2 Å². The highest BCUT2D eigenvalue weighted by molar-refractivity contribution is 5.67. The summed E-state index contributed by atoms with van der Waals surface area (Å²) in [6.45, 7) is 9.19. The first-order valence-corrected chi connectivity index (χ1v) is 5.61. The monoisotopic (exact) mass is 282 g/mol. The molecule has 0 rings (SSSR count). The number of carbonyl (C=O) groups is 1. The van der Waals surface area contributed by atoms with E-state index in [1.165, 1.54) is 0 Å². The summed E-state index contributed by atoms with van der Waals surface area (Å²) in [5.74, 6) is 0. The Labute approximate surface area is 118 Å². The highest BCUT2D eigenvalue weighted by Crippen LogP contribution is 2.06. The number of aliphatic hydroxyl groups is 2. The van der Waals surface area contributed by atoms with Crippen LogP contribution < -0.4 is 11.1 Å². The smallest absolute Gasteiger partial charge is 0.407 e. The van der Waals surface area contributed by atoms with E-state index in [4.69, 9.17) is 20.7 Å². The standard InChI is InChI=1S/C8H17NO3.C3H9NO.2CH4/c1-6(10)5-9-7(11)12-8(2,3)4;1-3(5)2-4;;/h6,10H,5H2,1-4H3,(H,9,11);3,5H,2,4H2,1H3;2*1H4. The number of carbonyl (C=O) groups excluding carboxylic acids is 1. The van der Waals surface area contributed by atoms with Crippen molar-refractivity contribution in [3.05, 3.63) is 0 Å². The van der Waals surface area contributed by atoms with E-state index in [0.29, 0.717) is 6.54 Å². The average Bonchev–Trinajstić information content (AvgIpc) is 2.13. The van der Waals surface area contributed by atoms with Crippen molar-refractivity contribution < 1.29 is 19.7 Å². The lowest BCUT2D eigenvalue weighted by molar-refractivity contribution is 0.0498. The third kappa shape index (κ3) is 31.7. The van der Waals surface area contributed by atoms with Crippen LogP contribution in [0.5, 0.6) is 0 Å². The summed E-state index contributed by atoms with van der Waals surface area (Å²) < 4.78 is 4.93. The van der Waals surface area contributed by atoms with Crippen LogP contribution >= 0.6 is 0 Å². The Kier molecular flexibility index (Phi) is 19.1. The summed E-state index contributed by atoms with van der Waals surface area (Å²) in [6, 6.07) is 0. The maximum Gasteiger partial charge on any atom is 0.407 e. The summed E-state index contributed by atoms with van der Waals surface area (Å²) in [7, 11) is 0. The Morgan fingerprint density at radius 1 is 1.21 bits per heavy atom. The third-order valence-electron chi connectivity index (χ3n) is 1.28. The fraction of sp³-hybridized carbons (Fsp3) is 0.923. The van der Waals surface area contributed by atoms with E-state index in [1.54, 1.807) is 34.6 Å². The first-order chi connectivity index (χ1) is 7.58. The summed E-state index contributed by atoms with van der Waals surface area (Å²) in [4.78, 5) is 10.9. The lowest BCUT2D eigenvalue weighted by Crippen LogP contribution is -2.36. The molecule has 0 saturated carbocycles. The van der Waals surface area contributed by atoms with Gasteiger partial charge in [-0.15, -0.1) is 0 Å². The van der Waals surface area contributed by atoms with Gasteiger partial charge in [-0.1, -0.05) is 14.9 Å². The summed E-state index contributed by atoms with van der Waals surface area (Å²) in [6.07, 6.45) is -1.38. The van der Waals surface area contributed by atoms with Gasteiger partial charge in [0.2, 0.25) is 0 Å². The Morgan fingerprint density at radius 2 is 1.58 bits per heavy atom. The van der Waals surface area contributed by atoms with Gasteiger partial charge in [0.25, 0.3) is 0 Å². The molecule has 0 aromatic carbocycles. The summed E-state index contributed by atoms with van der Waals surface area (Å²) in [5, 5.41) is 19.5. The van der Waals surface area contributed by atoms with Crippen molar-refractivity contribution in [2.24, 2.45) is 5.73 Å². The topological polar surface area (TPSA) is 105 Å². The molecule has 0 radical (unpaired) electrons. The van der Waals surface area contributed by atoms with Crippen LogP contribution in [0.15, 0.2) is 0 Å². The molecule has 6 nitrogen and oxygen atoms in total. The van der Waals surface area contributed by atoms with Gasteiger partial charge in [0.15, 0.2) is 0 Å². The van der Waals surface area contributed by atoms with Gasteiger partial charge < -0.3 is 26.0 Å². The second kappa shape index (κ2) is 13.6. The Bertz CT molecular complexity index is 201. The van der Waals surface area contributed by atoms with Crippen molar-refractivity contribution in [2.45, 2.75) is 67.3 Å².